The average Bonchev–Trinajstić information content (AvgIpc) is 2.70. The molecular formula is C25H46O4. The van der Waals surface area contributed by atoms with Crippen LogP contribution >= 0.6 is 0 Å². The van der Waals surface area contributed by atoms with Crippen molar-refractivity contribution in [2.75, 3.05) is 13.2 Å². The normalized spacial score (nSPS) is 24.0. The molecule has 1 fully saturated rings. The van der Waals surface area contributed by atoms with Gasteiger partial charge in [0, 0.05) is 0 Å². The number of unbranched alkanes of at least 4 members (excludes halogenated alkanes) is 4. The van der Waals surface area contributed by atoms with Crippen molar-refractivity contribution in [3.05, 3.63) is 0 Å². The van der Waals surface area contributed by atoms with Crippen molar-refractivity contribution < 1.29 is 19.1 Å². The van der Waals surface area contributed by atoms with Gasteiger partial charge in [0.1, 0.15) is 0 Å². The van der Waals surface area contributed by atoms with E-state index >= 15 is 0 Å². The van der Waals surface area contributed by atoms with Crippen molar-refractivity contribution in [3.63, 3.8) is 0 Å². The lowest BCUT2D eigenvalue weighted by atomic mass is 9.72. The second-order valence-electron chi connectivity index (χ2n) is 9.50. The molecule has 0 aromatic heterocycles. The molecule has 0 aromatic rings. The van der Waals surface area contributed by atoms with Gasteiger partial charge in [-0.05, 0) is 43.4 Å². The van der Waals surface area contributed by atoms with E-state index in [9.17, 15) is 9.59 Å². The Labute approximate surface area is 179 Å². The third kappa shape index (κ3) is 10.00. The number of rotatable bonds is 14. The maximum atomic E-state index is 12.8. The van der Waals surface area contributed by atoms with Gasteiger partial charge in [-0.15, -0.1) is 0 Å². The first-order chi connectivity index (χ1) is 13.9. The van der Waals surface area contributed by atoms with E-state index in [0.29, 0.717) is 25.0 Å². The van der Waals surface area contributed by atoms with Gasteiger partial charge >= 0.3 is 11.9 Å². The second-order valence-corrected chi connectivity index (χ2v) is 9.50. The van der Waals surface area contributed by atoms with E-state index in [4.69, 9.17) is 9.47 Å². The summed E-state index contributed by atoms with van der Waals surface area (Å²) in [6.45, 7) is 11.7. The minimum Gasteiger partial charge on any atom is -0.465 e. The van der Waals surface area contributed by atoms with Crippen LogP contribution < -0.4 is 0 Å². The van der Waals surface area contributed by atoms with Gasteiger partial charge in [-0.25, -0.2) is 0 Å². The van der Waals surface area contributed by atoms with Gasteiger partial charge in [0.05, 0.1) is 25.0 Å². The van der Waals surface area contributed by atoms with Crippen LogP contribution in [0.25, 0.3) is 0 Å². The Hall–Kier alpha value is -1.06. The quantitative estimate of drug-likeness (QED) is 0.240. The SMILES string of the molecule is CCCCCC(C)COC(=O)C1CCCC(C)C1C(=O)OCC(C)CCCCC. The summed E-state index contributed by atoms with van der Waals surface area (Å²) in [5, 5.41) is 0. The number of esters is 2. The summed E-state index contributed by atoms with van der Waals surface area (Å²) in [5.74, 6) is -0.167. The molecule has 29 heavy (non-hydrogen) atoms. The van der Waals surface area contributed by atoms with Gasteiger partial charge < -0.3 is 9.47 Å². The first kappa shape index (κ1) is 26.0. The number of ether oxygens (including phenoxy) is 2. The van der Waals surface area contributed by atoms with Crippen molar-refractivity contribution >= 4 is 11.9 Å². The molecule has 0 radical (unpaired) electrons. The lowest BCUT2D eigenvalue weighted by Gasteiger charge is -2.33. The summed E-state index contributed by atoms with van der Waals surface area (Å²) in [7, 11) is 0. The molecule has 0 spiro atoms. The highest BCUT2D eigenvalue weighted by molar-refractivity contribution is 5.82. The highest BCUT2D eigenvalue weighted by Crippen LogP contribution is 2.36. The minimum absolute atomic E-state index is 0.172. The van der Waals surface area contributed by atoms with Crippen LogP contribution in [0.4, 0.5) is 0 Å². The van der Waals surface area contributed by atoms with Gasteiger partial charge in [0.25, 0.3) is 0 Å². The molecule has 5 unspecified atom stereocenters. The van der Waals surface area contributed by atoms with E-state index in [2.05, 4.69) is 34.6 Å². The maximum Gasteiger partial charge on any atom is 0.310 e. The van der Waals surface area contributed by atoms with Crippen LogP contribution in [0.1, 0.15) is 105 Å². The van der Waals surface area contributed by atoms with Crippen LogP contribution in [0.2, 0.25) is 0 Å². The van der Waals surface area contributed by atoms with Crippen molar-refractivity contribution in [1.82, 2.24) is 0 Å². The topological polar surface area (TPSA) is 52.6 Å². The van der Waals surface area contributed by atoms with Crippen molar-refractivity contribution in [2.45, 2.75) is 105 Å². The fraction of sp³-hybridized carbons (Fsp3) is 0.920. The number of hydrogen-bond acceptors (Lipinski definition) is 4. The van der Waals surface area contributed by atoms with Gasteiger partial charge in [-0.3, -0.25) is 9.59 Å². The molecule has 4 heteroatoms. The molecule has 1 rings (SSSR count). The Kier molecular flexibility index (Phi) is 13.3. The standard InChI is InChI=1S/C25H46O4/c1-6-8-10-13-19(3)17-28-24(26)22-16-12-15-21(5)23(22)25(27)29-18-20(4)14-11-9-7-2/h19-23H,6-18H2,1-5H3. The monoisotopic (exact) mass is 410 g/mol. The molecule has 1 aliphatic carbocycles. The van der Waals surface area contributed by atoms with E-state index in [-0.39, 0.29) is 29.7 Å². The van der Waals surface area contributed by atoms with E-state index in [0.717, 1.165) is 32.1 Å². The van der Waals surface area contributed by atoms with Crippen LogP contribution in [-0.4, -0.2) is 25.2 Å². The lowest BCUT2D eigenvalue weighted by molar-refractivity contribution is -0.166. The summed E-state index contributed by atoms with van der Waals surface area (Å²) < 4.78 is 11.3. The van der Waals surface area contributed by atoms with Crippen molar-refractivity contribution in [3.8, 4) is 0 Å². The average molecular weight is 411 g/mol. The first-order valence-electron chi connectivity index (χ1n) is 12.2. The molecule has 0 amide bonds. The first-order valence-corrected chi connectivity index (χ1v) is 12.2. The second kappa shape index (κ2) is 14.8. The predicted molar refractivity (Wildman–Crippen MR) is 119 cm³/mol. The Morgan fingerprint density at radius 1 is 0.828 bits per heavy atom. The zero-order chi connectivity index (χ0) is 21.6. The molecule has 0 N–H and O–H groups in total. The summed E-state index contributed by atoms with van der Waals surface area (Å²) in [4.78, 5) is 25.6. The zero-order valence-electron chi connectivity index (χ0n) is 19.7. The summed E-state index contributed by atoms with van der Waals surface area (Å²) in [6.07, 6.45) is 12.1. The smallest absolute Gasteiger partial charge is 0.310 e. The van der Waals surface area contributed by atoms with Crippen molar-refractivity contribution in [1.29, 1.82) is 0 Å². The lowest BCUT2D eigenvalue weighted by Crippen LogP contribution is -2.40. The Balaban J connectivity index is 2.52. The highest BCUT2D eigenvalue weighted by Gasteiger charge is 2.42. The summed E-state index contributed by atoms with van der Waals surface area (Å²) >= 11 is 0. The molecule has 0 aliphatic heterocycles. The van der Waals surface area contributed by atoms with Crippen LogP contribution in [-0.2, 0) is 19.1 Å². The van der Waals surface area contributed by atoms with E-state index in [1.54, 1.807) is 0 Å². The largest absolute Gasteiger partial charge is 0.465 e. The summed E-state index contributed by atoms with van der Waals surface area (Å²) in [6, 6.07) is 0. The molecule has 0 saturated heterocycles. The third-order valence-electron chi connectivity index (χ3n) is 6.42. The molecular weight excluding hydrogens is 364 g/mol. The maximum absolute atomic E-state index is 12.8. The van der Waals surface area contributed by atoms with Crippen LogP contribution in [0.5, 0.6) is 0 Å². The fourth-order valence-corrected chi connectivity index (χ4v) is 4.38. The fourth-order valence-electron chi connectivity index (χ4n) is 4.38. The van der Waals surface area contributed by atoms with Crippen LogP contribution in [0.15, 0.2) is 0 Å². The van der Waals surface area contributed by atoms with Gasteiger partial charge in [0.15, 0.2) is 0 Å². The van der Waals surface area contributed by atoms with Crippen LogP contribution in [0.3, 0.4) is 0 Å². The number of carbonyl (C=O) groups excluding carboxylic acids is 2. The zero-order valence-corrected chi connectivity index (χ0v) is 19.7. The van der Waals surface area contributed by atoms with Gasteiger partial charge in [-0.2, -0.15) is 0 Å². The Morgan fingerprint density at radius 3 is 1.86 bits per heavy atom. The Morgan fingerprint density at radius 2 is 1.34 bits per heavy atom. The van der Waals surface area contributed by atoms with Gasteiger partial charge in [0.2, 0.25) is 0 Å². The van der Waals surface area contributed by atoms with Gasteiger partial charge in [-0.1, -0.05) is 79.6 Å². The number of hydrogen-bond donors (Lipinski definition) is 0. The van der Waals surface area contributed by atoms with E-state index in [1.807, 2.05) is 0 Å². The predicted octanol–water partition coefficient (Wildman–Crippen LogP) is 6.56. The van der Waals surface area contributed by atoms with Crippen LogP contribution in [0, 0.1) is 29.6 Å². The Bertz CT molecular complexity index is 462. The highest BCUT2D eigenvalue weighted by atomic mass is 16.5. The van der Waals surface area contributed by atoms with E-state index < -0.39 is 0 Å². The number of carbonyl (C=O) groups is 2. The molecule has 0 heterocycles. The molecule has 0 aromatic carbocycles. The molecule has 170 valence electrons. The third-order valence-corrected chi connectivity index (χ3v) is 6.42. The summed E-state index contributed by atoms with van der Waals surface area (Å²) in [5.41, 5.74) is 0. The minimum atomic E-state index is -0.352. The molecule has 5 atom stereocenters. The molecule has 4 nitrogen and oxygen atoms in total. The van der Waals surface area contributed by atoms with Crippen molar-refractivity contribution in [2.24, 2.45) is 29.6 Å². The van der Waals surface area contributed by atoms with E-state index in [1.165, 1.54) is 38.5 Å². The molecule has 1 aliphatic rings. The molecule has 1 saturated carbocycles. The molecule has 0 bridgehead atoms.